The summed E-state index contributed by atoms with van der Waals surface area (Å²) < 4.78 is 29.3. The number of fused-ring (bicyclic) bond motifs is 1. The van der Waals surface area contributed by atoms with Gasteiger partial charge in [-0.2, -0.15) is 10.1 Å². The van der Waals surface area contributed by atoms with Crippen molar-refractivity contribution >= 4 is 39.9 Å². The summed E-state index contributed by atoms with van der Waals surface area (Å²) in [6, 6.07) is -0.167. The van der Waals surface area contributed by atoms with Gasteiger partial charge in [0.2, 0.25) is 5.28 Å². The lowest BCUT2D eigenvalue weighted by atomic mass is 10.1. The van der Waals surface area contributed by atoms with Gasteiger partial charge in [-0.3, -0.25) is 14.8 Å². The molecule has 11 nitrogen and oxygen atoms in total. The molecule has 1 saturated carbocycles. The van der Waals surface area contributed by atoms with Gasteiger partial charge in [-0.05, 0) is 37.3 Å². The van der Waals surface area contributed by atoms with Crippen molar-refractivity contribution < 1.29 is 18.8 Å². The Kier molecular flexibility index (Phi) is 5.83. The molecule has 0 spiro atoms. The maximum atomic E-state index is 15.2. The van der Waals surface area contributed by atoms with Crippen LogP contribution in [-0.2, 0) is 17.0 Å². The molecular formula is C19H20Cl2FN7O4. The topological polar surface area (TPSA) is 123 Å². The zero-order valence-electron chi connectivity index (χ0n) is 17.4. The van der Waals surface area contributed by atoms with Crippen LogP contribution in [0.4, 0.5) is 10.1 Å². The summed E-state index contributed by atoms with van der Waals surface area (Å²) in [7, 11) is 0. The summed E-state index contributed by atoms with van der Waals surface area (Å²) in [5.74, 6) is -0.167. The van der Waals surface area contributed by atoms with E-state index in [1.165, 1.54) is 10.9 Å². The molecular weight excluding hydrogens is 480 g/mol. The van der Waals surface area contributed by atoms with Gasteiger partial charge in [0.25, 0.3) is 0 Å². The highest BCUT2D eigenvalue weighted by atomic mass is 35.5. The van der Waals surface area contributed by atoms with E-state index in [-0.39, 0.29) is 47.5 Å². The van der Waals surface area contributed by atoms with Crippen LogP contribution in [0, 0.1) is 10.1 Å². The number of aryl methyl sites for hydroxylation is 1. The van der Waals surface area contributed by atoms with Gasteiger partial charge < -0.3 is 9.47 Å². The van der Waals surface area contributed by atoms with Crippen LogP contribution >= 0.6 is 23.2 Å². The predicted molar refractivity (Wildman–Crippen MR) is 115 cm³/mol. The van der Waals surface area contributed by atoms with E-state index in [9.17, 15) is 10.1 Å². The van der Waals surface area contributed by atoms with Crippen molar-refractivity contribution in [2.45, 2.75) is 50.4 Å². The molecule has 0 N–H and O–H groups in total. The van der Waals surface area contributed by atoms with E-state index in [1.807, 2.05) is 0 Å². The highest BCUT2D eigenvalue weighted by Gasteiger charge is 2.54. The summed E-state index contributed by atoms with van der Waals surface area (Å²) in [6.45, 7) is 1.47. The number of hydrogen-bond acceptors (Lipinski definition) is 8. The first-order valence-electron chi connectivity index (χ1n) is 10.6. The highest BCUT2D eigenvalue weighted by molar-refractivity contribution is 6.34. The minimum atomic E-state index is -1.74. The summed E-state index contributed by atoms with van der Waals surface area (Å²) in [6.07, 6.45) is 3.61. The quantitative estimate of drug-likeness (QED) is 0.197. The van der Waals surface area contributed by atoms with E-state index in [0.29, 0.717) is 50.1 Å². The Morgan fingerprint density at radius 1 is 1.30 bits per heavy atom. The second-order valence-corrected chi connectivity index (χ2v) is 8.80. The molecule has 1 aliphatic heterocycles. The molecule has 3 aromatic heterocycles. The number of aromatic nitrogens is 6. The van der Waals surface area contributed by atoms with Gasteiger partial charge in [0.05, 0.1) is 23.0 Å². The smallest absolute Gasteiger partial charge is 0.356 e. The maximum absolute atomic E-state index is 15.2. The van der Waals surface area contributed by atoms with Gasteiger partial charge in [0.1, 0.15) is 0 Å². The molecule has 2 fully saturated rings. The lowest BCUT2D eigenvalue weighted by Crippen LogP contribution is -2.24. The van der Waals surface area contributed by atoms with Crippen molar-refractivity contribution in [3.8, 4) is 5.88 Å². The number of ether oxygens (including phenoxy) is 2. The van der Waals surface area contributed by atoms with Crippen molar-refractivity contribution in [1.29, 1.82) is 0 Å². The second kappa shape index (κ2) is 8.65. The Morgan fingerprint density at radius 3 is 2.76 bits per heavy atom. The monoisotopic (exact) mass is 499 g/mol. The van der Waals surface area contributed by atoms with Crippen molar-refractivity contribution in [3.05, 3.63) is 32.4 Å². The first kappa shape index (κ1) is 22.2. The Balaban J connectivity index is 1.35. The molecule has 3 aromatic rings. The molecule has 2 aliphatic rings. The van der Waals surface area contributed by atoms with Crippen LogP contribution in [0.1, 0.15) is 43.8 Å². The lowest BCUT2D eigenvalue weighted by molar-refractivity contribution is -0.387. The molecule has 1 saturated heterocycles. The lowest BCUT2D eigenvalue weighted by Gasteiger charge is -2.24. The zero-order chi connectivity index (χ0) is 23.2. The molecule has 0 bridgehead atoms. The van der Waals surface area contributed by atoms with Crippen LogP contribution in [0.15, 0.2) is 6.20 Å². The number of halogens is 3. The Morgan fingerprint density at radius 2 is 2.06 bits per heavy atom. The van der Waals surface area contributed by atoms with Crippen LogP contribution in [-0.4, -0.2) is 54.3 Å². The van der Waals surface area contributed by atoms with E-state index in [4.69, 9.17) is 32.7 Å². The Bertz CT molecular complexity index is 1210. The zero-order valence-corrected chi connectivity index (χ0v) is 18.9. The van der Waals surface area contributed by atoms with Crippen molar-refractivity contribution in [1.82, 2.24) is 29.5 Å². The van der Waals surface area contributed by atoms with Gasteiger partial charge in [0.15, 0.2) is 22.2 Å². The summed E-state index contributed by atoms with van der Waals surface area (Å²) >= 11 is 12.0. The largest absolute Gasteiger partial charge is 0.472 e. The van der Waals surface area contributed by atoms with Crippen LogP contribution < -0.4 is 4.74 Å². The summed E-state index contributed by atoms with van der Waals surface area (Å²) in [4.78, 5) is 19.3. The molecule has 5 rings (SSSR count). The third kappa shape index (κ3) is 4.22. The van der Waals surface area contributed by atoms with Crippen molar-refractivity contribution in [2.24, 2.45) is 0 Å². The summed E-state index contributed by atoms with van der Waals surface area (Å²) in [5, 5.41) is 21.3. The fraction of sp³-hybridized carbons (Fsp3) is 0.579. The molecule has 14 heteroatoms. The number of nitrogens with zero attached hydrogens (tertiary/aromatic N) is 7. The first-order chi connectivity index (χ1) is 15.9. The van der Waals surface area contributed by atoms with Crippen molar-refractivity contribution in [2.75, 3.05) is 19.8 Å². The average molecular weight is 500 g/mol. The molecule has 0 amide bonds. The van der Waals surface area contributed by atoms with Crippen LogP contribution in [0.2, 0.25) is 10.4 Å². The summed E-state index contributed by atoms with van der Waals surface area (Å²) in [5.41, 5.74) is -1.65. The van der Waals surface area contributed by atoms with Crippen LogP contribution in [0.3, 0.4) is 0 Å². The van der Waals surface area contributed by atoms with Crippen LogP contribution in [0.25, 0.3) is 11.0 Å². The third-order valence-corrected chi connectivity index (χ3v) is 6.32. The van der Waals surface area contributed by atoms with E-state index in [0.717, 1.165) is 0 Å². The molecule has 0 radical (unpaired) electrons. The van der Waals surface area contributed by atoms with E-state index in [2.05, 4.69) is 20.2 Å². The van der Waals surface area contributed by atoms with Gasteiger partial charge in [-0.25, -0.2) is 14.1 Å². The molecule has 176 valence electrons. The third-order valence-electron chi connectivity index (χ3n) is 5.85. The Labute approximate surface area is 196 Å². The van der Waals surface area contributed by atoms with Gasteiger partial charge in [0, 0.05) is 32.4 Å². The van der Waals surface area contributed by atoms with Gasteiger partial charge in [-0.15, -0.1) is 5.10 Å². The number of nitro groups is 1. The molecule has 0 aromatic carbocycles. The van der Waals surface area contributed by atoms with E-state index in [1.54, 1.807) is 4.68 Å². The predicted octanol–water partition coefficient (Wildman–Crippen LogP) is 4.02. The molecule has 4 heterocycles. The first-order valence-corrected chi connectivity index (χ1v) is 11.3. The highest BCUT2D eigenvalue weighted by Crippen LogP contribution is 2.55. The molecule has 1 aliphatic carbocycles. The number of hydrogen-bond donors (Lipinski definition) is 0. The average Bonchev–Trinajstić information content (AvgIpc) is 3.30. The molecule has 33 heavy (non-hydrogen) atoms. The van der Waals surface area contributed by atoms with E-state index >= 15 is 4.39 Å². The normalized spacial score (nSPS) is 18.0. The maximum Gasteiger partial charge on any atom is 0.356 e. The number of alkyl halides is 1. The second-order valence-electron chi connectivity index (χ2n) is 8.11. The van der Waals surface area contributed by atoms with Gasteiger partial charge >= 0.3 is 11.6 Å². The fourth-order valence-electron chi connectivity index (χ4n) is 4.07. The fourth-order valence-corrected chi connectivity index (χ4v) is 4.42. The SMILES string of the molecule is O=[N+]([O-])c1c(OCCCn2nc(Cl)c3cnc(Cl)nc32)nn(C2CCOCC2)c1C1(F)CC1. The van der Waals surface area contributed by atoms with Crippen molar-refractivity contribution in [3.63, 3.8) is 0 Å². The minimum absolute atomic E-state index is 0.00518. The number of rotatable bonds is 8. The van der Waals surface area contributed by atoms with Crippen LogP contribution in [0.5, 0.6) is 5.88 Å². The Hall–Kier alpha value is -2.57. The minimum Gasteiger partial charge on any atom is -0.472 e. The molecule has 0 atom stereocenters. The van der Waals surface area contributed by atoms with E-state index < -0.39 is 16.3 Å². The standard InChI is InChI=1S/C19H20Cl2FN7O4/c20-15-12-10-23-18(21)24-16(12)27(25-15)6-1-7-33-17-13(29(30)31)14(19(22)4-5-19)28(26-17)11-2-8-32-9-3-11/h10-11H,1-9H2. The molecule has 0 unspecified atom stereocenters. The van der Waals surface area contributed by atoms with Gasteiger partial charge in [-0.1, -0.05) is 11.6 Å².